The first-order valence-corrected chi connectivity index (χ1v) is 11.0. The van der Waals surface area contributed by atoms with E-state index >= 15 is 0 Å². The highest BCUT2D eigenvalue weighted by Gasteiger charge is 2.53. The van der Waals surface area contributed by atoms with E-state index in [0.29, 0.717) is 12.5 Å². The molecule has 0 aromatic heterocycles. The van der Waals surface area contributed by atoms with Crippen LogP contribution in [0.3, 0.4) is 0 Å². The molecule has 2 atom stereocenters. The Kier molecular flexibility index (Phi) is 6.40. The lowest BCUT2D eigenvalue weighted by Crippen LogP contribution is -2.45. The van der Waals surface area contributed by atoms with Gasteiger partial charge in [-0.2, -0.15) is 0 Å². The van der Waals surface area contributed by atoms with Crippen LogP contribution in [0.5, 0.6) is 0 Å². The number of fused-ring (bicyclic) bond motifs is 1. The number of carbonyl (C=O) groups is 1. The average molecular weight is 407 g/mol. The van der Waals surface area contributed by atoms with Crippen molar-refractivity contribution >= 4 is 6.03 Å². The molecule has 0 spiro atoms. The lowest BCUT2D eigenvalue weighted by atomic mass is 9.80. The Balaban J connectivity index is 1.34. The summed E-state index contributed by atoms with van der Waals surface area (Å²) in [4.78, 5) is 19.8. The summed E-state index contributed by atoms with van der Waals surface area (Å²) >= 11 is 0. The van der Waals surface area contributed by atoms with Gasteiger partial charge in [0, 0.05) is 51.2 Å². The van der Waals surface area contributed by atoms with Crippen LogP contribution in [0.15, 0.2) is 60.7 Å². The number of hydrogen-bond donors (Lipinski definition) is 1. The van der Waals surface area contributed by atoms with Crippen molar-refractivity contribution in [2.24, 2.45) is 11.3 Å². The summed E-state index contributed by atoms with van der Waals surface area (Å²) in [5.74, 6) is 0.531. The standard InChI is InChI=1S/C25H34N4O/c1-27(2)18-25-19-28(15-22-11-7-4-8-12-22)16-23(25)17-29(20-25)24(30)26-14-13-21-9-5-3-6-10-21/h3-12,23H,13-20H2,1-2H3,(H,26,30)/t23-,25+/m1/s1. The zero-order valence-electron chi connectivity index (χ0n) is 18.3. The smallest absolute Gasteiger partial charge is 0.317 e. The van der Waals surface area contributed by atoms with Crippen LogP contribution in [0.4, 0.5) is 4.79 Å². The first-order valence-electron chi connectivity index (χ1n) is 11.0. The minimum absolute atomic E-state index is 0.0908. The zero-order valence-corrected chi connectivity index (χ0v) is 18.3. The monoisotopic (exact) mass is 406 g/mol. The van der Waals surface area contributed by atoms with Crippen molar-refractivity contribution in [2.45, 2.75) is 13.0 Å². The first kappa shape index (κ1) is 20.9. The van der Waals surface area contributed by atoms with Crippen molar-refractivity contribution in [3.05, 3.63) is 71.8 Å². The lowest BCUT2D eigenvalue weighted by Gasteiger charge is -2.32. The Morgan fingerprint density at radius 1 is 1.00 bits per heavy atom. The van der Waals surface area contributed by atoms with Gasteiger partial charge in [0.25, 0.3) is 0 Å². The molecule has 2 aromatic carbocycles. The van der Waals surface area contributed by atoms with Crippen LogP contribution < -0.4 is 5.32 Å². The van der Waals surface area contributed by atoms with Crippen LogP contribution in [0.1, 0.15) is 11.1 Å². The van der Waals surface area contributed by atoms with E-state index in [1.807, 2.05) is 18.2 Å². The molecule has 0 aliphatic carbocycles. The Morgan fingerprint density at radius 2 is 1.67 bits per heavy atom. The molecule has 2 aliphatic rings. The highest BCUT2D eigenvalue weighted by atomic mass is 16.2. The summed E-state index contributed by atoms with van der Waals surface area (Å²) in [7, 11) is 4.29. The second-order valence-corrected chi connectivity index (χ2v) is 9.30. The number of hydrogen-bond acceptors (Lipinski definition) is 3. The van der Waals surface area contributed by atoms with Crippen LogP contribution in [0.25, 0.3) is 0 Å². The van der Waals surface area contributed by atoms with E-state index in [4.69, 9.17) is 0 Å². The van der Waals surface area contributed by atoms with Crippen LogP contribution in [0.2, 0.25) is 0 Å². The normalized spacial score (nSPS) is 23.7. The molecule has 1 N–H and O–H groups in total. The fourth-order valence-corrected chi connectivity index (χ4v) is 5.33. The fraction of sp³-hybridized carbons (Fsp3) is 0.480. The molecular formula is C25H34N4O. The molecule has 2 fully saturated rings. The van der Waals surface area contributed by atoms with Gasteiger partial charge in [-0.15, -0.1) is 0 Å². The second kappa shape index (κ2) is 9.19. The molecule has 2 saturated heterocycles. The number of urea groups is 1. The molecule has 4 rings (SSSR count). The predicted molar refractivity (Wildman–Crippen MR) is 121 cm³/mol. The van der Waals surface area contributed by atoms with E-state index in [1.165, 1.54) is 11.1 Å². The number of likely N-dealkylation sites (tertiary alicyclic amines) is 2. The summed E-state index contributed by atoms with van der Waals surface area (Å²) in [6.45, 7) is 6.53. The molecular weight excluding hydrogens is 372 g/mol. The molecule has 0 bridgehead atoms. The minimum atomic E-state index is 0.0908. The maximum absolute atomic E-state index is 12.9. The molecule has 0 saturated carbocycles. The topological polar surface area (TPSA) is 38.8 Å². The van der Waals surface area contributed by atoms with Gasteiger partial charge < -0.3 is 15.1 Å². The van der Waals surface area contributed by atoms with Crippen molar-refractivity contribution in [2.75, 3.05) is 53.4 Å². The van der Waals surface area contributed by atoms with Gasteiger partial charge in [-0.3, -0.25) is 4.90 Å². The molecule has 5 heteroatoms. The zero-order chi connectivity index (χ0) is 21.0. The Morgan fingerprint density at radius 3 is 2.33 bits per heavy atom. The molecule has 160 valence electrons. The van der Waals surface area contributed by atoms with Crippen LogP contribution in [-0.4, -0.2) is 74.1 Å². The largest absolute Gasteiger partial charge is 0.338 e. The molecule has 2 heterocycles. The average Bonchev–Trinajstić information content (AvgIpc) is 3.22. The van der Waals surface area contributed by atoms with Crippen molar-refractivity contribution < 1.29 is 4.79 Å². The molecule has 0 radical (unpaired) electrons. The summed E-state index contributed by atoms with van der Waals surface area (Å²) < 4.78 is 0. The first-order chi connectivity index (χ1) is 14.5. The Bertz CT molecular complexity index is 826. The molecule has 0 unspecified atom stereocenters. The maximum Gasteiger partial charge on any atom is 0.317 e. The van der Waals surface area contributed by atoms with Crippen molar-refractivity contribution in [3.8, 4) is 0 Å². The minimum Gasteiger partial charge on any atom is -0.338 e. The third-order valence-corrected chi connectivity index (χ3v) is 6.53. The van der Waals surface area contributed by atoms with Gasteiger partial charge in [0.15, 0.2) is 0 Å². The number of nitrogens with zero attached hydrogens (tertiary/aromatic N) is 3. The van der Waals surface area contributed by atoms with E-state index in [1.54, 1.807) is 0 Å². The summed E-state index contributed by atoms with van der Waals surface area (Å²) in [5, 5.41) is 3.14. The third-order valence-electron chi connectivity index (χ3n) is 6.53. The Labute approximate surface area is 180 Å². The lowest BCUT2D eigenvalue weighted by molar-refractivity contribution is 0.162. The summed E-state index contributed by atoms with van der Waals surface area (Å²) in [6, 6.07) is 21.1. The predicted octanol–water partition coefficient (Wildman–Crippen LogP) is 2.93. The Hall–Kier alpha value is -2.37. The van der Waals surface area contributed by atoms with Gasteiger partial charge in [-0.05, 0) is 37.6 Å². The molecule has 5 nitrogen and oxygen atoms in total. The van der Waals surface area contributed by atoms with E-state index in [0.717, 1.165) is 45.7 Å². The van der Waals surface area contributed by atoms with Gasteiger partial charge in [0.1, 0.15) is 0 Å². The SMILES string of the molecule is CN(C)C[C@@]12CN(Cc3ccccc3)C[C@@H]1CN(C(=O)NCCc1ccccc1)C2. The number of carbonyl (C=O) groups excluding carboxylic acids is 1. The fourth-order valence-electron chi connectivity index (χ4n) is 5.33. The van der Waals surface area contributed by atoms with Crippen LogP contribution in [0, 0.1) is 11.3 Å². The van der Waals surface area contributed by atoms with Gasteiger partial charge in [-0.1, -0.05) is 60.7 Å². The van der Waals surface area contributed by atoms with Crippen LogP contribution >= 0.6 is 0 Å². The van der Waals surface area contributed by atoms with Crippen molar-refractivity contribution in [3.63, 3.8) is 0 Å². The summed E-state index contributed by atoms with van der Waals surface area (Å²) in [6.07, 6.45) is 0.873. The molecule has 2 amide bonds. The number of amides is 2. The highest BCUT2D eigenvalue weighted by molar-refractivity contribution is 5.74. The number of benzene rings is 2. The summed E-state index contributed by atoms with van der Waals surface area (Å²) in [5.41, 5.74) is 2.79. The van der Waals surface area contributed by atoms with Crippen molar-refractivity contribution in [1.82, 2.24) is 20.0 Å². The van der Waals surface area contributed by atoms with Crippen molar-refractivity contribution in [1.29, 1.82) is 0 Å². The van der Waals surface area contributed by atoms with Crippen LogP contribution in [-0.2, 0) is 13.0 Å². The van der Waals surface area contributed by atoms with Gasteiger partial charge in [0.2, 0.25) is 0 Å². The molecule has 30 heavy (non-hydrogen) atoms. The van der Waals surface area contributed by atoms with Gasteiger partial charge >= 0.3 is 6.03 Å². The van der Waals surface area contributed by atoms with Gasteiger partial charge in [0.05, 0.1) is 0 Å². The number of rotatable bonds is 7. The highest BCUT2D eigenvalue weighted by Crippen LogP contribution is 2.43. The second-order valence-electron chi connectivity index (χ2n) is 9.30. The maximum atomic E-state index is 12.9. The van der Waals surface area contributed by atoms with E-state index in [2.05, 4.69) is 76.6 Å². The van der Waals surface area contributed by atoms with E-state index in [-0.39, 0.29) is 11.4 Å². The van der Waals surface area contributed by atoms with E-state index in [9.17, 15) is 4.79 Å². The van der Waals surface area contributed by atoms with Gasteiger partial charge in [-0.25, -0.2) is 4.79 Å². The number of nitrogens with one attached hydrogen (secondary N) is 1. The third kappa shape index (κ3) is 4.85. The van der Waals surface area contributed by atoms with E-state index < -0.39 is 0 Å². The quantitative estimate of drug-likeness (QED) is 0.768. The molecule has 2 aliphatic heterocycles. The molecule has 2 aromatic rings.